The van der Waals surface area contributed by atoms with Crippen molar-refractivity contribution in [2.75, 3.05) is 25.4 Å². The Morgan fingerprint density at radius 2 is 2.40 bits per heavy atom. The number of aromatic nitrogens is 1. The van der Waals surface area contributed by atoms with E-state index in [2.05, 4.69) is 10.3 Å². The van der Waals surface area contributed by atoms with E-state index in [4.69, 9.17) is 10.5 Å². The molecule has 1 aliphatic rings. The molecule has 0 aromatic carbocycles. The maximum Gasteiger partial charge on any atom is 0.407 e. The van der Waals surface area contributed by atoms with Gasteiger partial charge in [0.05, 0.1) is 6.61 Å². The molecule has 110 valence electrons. The first-order chi connectivity index (χ1) is 9.60. The van der Waals surface area contributed by atoms with Gasteiger partial charge in [0.25, 0.3) is 5.91 Å². The number of nitrogen functional groups attached to an aromatic ring is 1. The van der Waals surface area contributed by atoms with E-state index in [9.17, 15) is 9.59 Å². The third-order valence-electron chi connectivity index (χ3n) is 3.24. The smallest absolute Gasteiger partial charge is 0.407 e. The average Bonchev–Trinajstić information content (AvgIpc) is 2.85. The summed E-state index contributed by atoms with van der Waals surface area (Å²) in [6.07, 6.45) is 2.84. The maximum absolute atomic E-state index is 12.3. The lowest BCUT2D eigenvalue weighted by Crippen LogP contribution is -2.49. The van der Waals surface area contributed by atoms with E-state index in [-0.39, 0.29) is 11.9 Å². The van der Waals surface area contributed by atoms with E-state index >= 15 is 0 Å². The van der Waals surface area contributed by atoms with Crippen LogP contribution in [-0.2, 0) is 4.74 Å². The van der Waals surface area contributed by atoms with Crippen LogP contribution in [0.15, 0.2) is 12.3 Å². The molecule has 1 atom stereocenters. The Balaban J connectivity index is 1.93. The molecular weight excluding hydrogens is 260 g/mol. The summed E-state index contributed by atoms with van der Waals surface area (Å²) in [5.41, 5.74) is 6.60. The second-order valence-electron chi connectivity index (χ2n) is 4.80. The second-order valence-corrected chi connectivity index (χ2v) is 4.80. The molecule has 1 aromatic rings. The van der Waals surface area contributed by atoms with Gasteiger partial charge in [0.1, 0.15) is 5.69 Å². The van der Waals surface area contributed by atoms with Crippen molar-refractivity contribution >= 4 is 17.7 Å². The van der Waals surface area contributed by atoms with E-state index < -0.39 is 6.09 Å². The quantitative estimate of drug-likeness (QED) is 0.767. The van der Waals surface area contributed by atoms with Gasteiger partial charge in [0, 0.05) is 31.0 Å². The summed E-state index contributed by atoms with van der Waals surface area (Å²) in [6.45, 7) is 3.25. The highest BCUT2D eigenvalue weighted by molar-refractivity contribution is 5.93. The lowest BCUT2D eigenvalue weighted by atomic mass is 10.1. The number of alkyl carbamates (subject to hydrolysis) is 1. The normalized spacial score (nSPS) is 18.6. The Kier molecular flexibility index (Phi) is 4.49. The minimum absolute atomic E-state index is 0.0703. The zero-order valence-electron chi connectivity index (χ0n) is 11.5. The third kappa shape index (κ3) is 3.43. The summed E-state index contributed by atoms with van der Waals surface area (Å²) in [5.74, 6) is -0.0999. The first-order valence-electron chi connectivity index (χ1n) is 6.76. The van der Waals surface area contributed by atoms with Gasteiger partial charge in [-0.1, -0.05) is 0 Å². The fraction of sp³-hybridized carbons (Fsp3) is 0.538. The molecule has 20 heavy (non-hydrogen) atoms. The van der Waals surface area contributed by atoms with Crippen LogP contribution < -0.4 is 11.1 Å². The molecular formula is C13H20N4O3. The van der Waals surface area contributed by atoms with Crippen LogP contribution in [0.3, 0.4) is 0 Å². The second kappa shape index (κ2) is 6.31. The van der Waals surface area contributed by atoms with Crippen molar-refractivity contribution in [3.05, 3.63) is 18.0 Å². The fourth-order valence-corrected chi connectivity index (χ4v) is 2.32. The number of hydrogen-bond donors (Lipinski definition) is 3. The molecule has 1 aliphatic heterocycles. The largest absolute Gasteiger partial charge is 0.450 e. The van der Waals surface area contributed by atoms with Gasteiger partial charge in [-0.2, -0.15) is 0 Å². The Hall–Kier alpha value is -2.18. The molecule has 0 spiro atoms. The third-order valence-corrected chi connectivity index (χ3v) is 3.24. The number of ether oxygens (including phenoxy) is 1. The number of anilines is 1. The van der Waals surface area contributed by atoms with Crippen LogP contribution in [0.2, 0.25) is 0 Å². The fourth-order valence-electron chi connectivity index (χ4n) is 2.32. The van der Waals surface area contributed by atoms with Crippen molar-refractivity contribution < 1.29 is 14.3 Å². The van der Waals surface area contributed by atoms with Gasteiger partial charge in [-0.05, 0) is 25.8 Å². The Morgan fingerprint density at radius 3 is 3.05 bits per heavy atom. The highest BCUT2D eigenvalue weighted by Crippen LogP contribution is 2.15. The zero-order chi connectivity index (χ0) is 14.5. The number of rotatable bonds is 3. The van der Waals surface area contributed by atoms with Crippen LogP contribution in [-0.4, -0.2) is 47.6 Å². The first-order valence-corrected chi connectivity index (χ1v) is 6.76. The Morgan fingerprint density at radius 1 is 1.60 bits per heavy atom. The van der Waals surface area contributed by atoms with Crippen LogP contribution in [0.5, 0.6) is 0 Å². The molecule has 7 heteroatoms. The van der Waals surface area contributed by atoms with Crippen LogP contribution in [0, 0.1) is 0 Å². The van der Waals surface area contributed by atoms with Gasteiger partial charge in [-0.25, -0.2) is 4.79 Å². The predicted molar refractivity (Wildman–Crippen MR) is 74.3 cm³/mol. The Labute approximate surface area is 117 Å². The molecule has 4 N–H and O–H groups in total. The molecule has 7 nitrogen and oxygen atoms in total. The minimum Gasteiger partial charge on any atom is -0.450 e. The molecule has 2 rings (SSSR count). The van der Waals surface area contributed by atoms with Crippen LogP contribution in [0.4, 0.5) is 10.5 Å². The molecule has 2 amide bonds. The summed E-state index contributed by atoms with van der Waals surface area (Å²) >= 11 is 0. The maximum atomic E-state index is 12.3. The SMILES string of the molecule is CCOC(=O)NC1CCCN(C(=O)c2cc(N)c[nH]2)C1. The van der Waals surface area contributed by atoms with Crippen molar-refractivity contribution in [2.45, 2.75) is 25.8 Å². The molecule has 0 radical (unpaired) electrons. The van der Waals surface area contributed by atoms with Gasteiger partial charge < -0.3 is 25.7 Å². The monoisotopic (exact) mass is 280 g/mol. The van der Waals surface area contributed by atoms with E-state index in [0.717, 1.165) is 12.8 Å². The molecule has 1 unspecified atom stereocenters. The van der Waals surface area contributed by atoms with Gasteiger partial charge >= 0.3 is 6.09 Å². The number of amides is 2. The predicted octanol–water partition coefficient (Wildman–Crippen LogP) is 0.948. The van der Waals surface area contributed by atoms with Gasteiger partial charge in [0.2, 0.25) is 0 Å². The van der Waals surface area contributed by atoms with Crippen molar-refractivity contribution in [2.24, 2.45) is 0 Å². The van der Waals surface area contributed by atoms with E-state index in [0.29, 0.717) is 31.1 Å². The van der Waals surface area contributed by atoms with Crippen LogP contribution in [0.1, 0.15) is 30.3 Å². The summed E-state index contributed by atoms with van der Waals surface area (Å²) in [4.78, 5) is 28.2. The minimum atomic E-state index is -0.434. The Bertz CT molecular complexity index is 486. The molecule has 0 bridgehead atoms. The lowest BCUT2D eigenvalue weighted by Gasteiger charge is -2.32. The standard InChI is InChI=1S/C13H20N4O3/c1-2-20-13(19)16-10-4-3-5-17(8-10)12(18)11-6-9(14)7-15-11/h6-7,10,15H,2-5,8,14H2,1H3,(H,16,19). The number of hydrogen-bond acceptors (Lipinski definition) is 4. The van der Waals surface area contributed by atoms with E-state index in [1.165, 1.54) is 0 Å². The van der Waals surface area contributed by atoms with Crippen molar-refractivity contribution in [3.8, 4) is 0 Å². The van der Waals surface area contributed by atoms with Crippen LogP contribution in [0.25, 0.3) is 0 Å². The van der Waals surface area contributed by atoms with Gasteiger partial charge in [-0.15, -0.1) is 0 Å². The summed E-state index contributed by atoms with van der Waals surface area (Å²) in [6, 6.07) is 1.55. The van der Waals surface area contributed by atoms with E-state index in [1.54, 1.807) is 24.1 Å². The molecule has 1 aromatic heterocycles. The number of nitrogens with two attached hydrogens (primary N) is 1. The lowest BCUT2D eigenvalue weighted by molar-refractivity contribution is 0.0681. The number of carbonyl (C=O) groups is 2. The number of nitrogens with one attached hydrogen (secondary N) is 2. The van der Waals surface area contributed by atoms with Crippen molar-refractivity contribution in [1.82, 2.24) is 15.2 Å². The molecule has 1 saturated heterocycles. The first kappa shape index (κ1) is 14.2. The molecule has 0 saturated carbocycles. The van der Waals surface area contributed by atoms with Gasteiger partial charge in [-0.3, -0.25) is 4.79 Å². The molecule has 0 aliphatic carbocycles. The molecule has 1 fully saturated rings. The number of nitrogens with zero attached hydrogens (tertiary/aromatic N) is 1. The number of H-pyrrole nitrogens is 1. The molecule has 2 heterocycles. The number of aromatic amines is 1. The zero-order valence-corrected chi connectivity index (χ0v) is 11.5. The number of likely N-dealkylation sites (tertiary alicyclic amines) is 1. The summed E-state index contributed by atoms with van der Waals surface area (Å²) in [7, 11) is 0. The highest BCUT2D eigenvalue weighted by Gasteiger charge is 2.26. The van der Waals surface area contributed by atoms with E-state index in [1.807, 2.05) is 0 Å². The summed E-state index contributed by atoms with van der Waals surface area (Å²) < 4.78 is 4.85. The summed E-state index contributed by atoms with van der Waals surface area (Å²) in [5, 5.41) is 2.77. The number of piperidine rings is 1. The van der Waals surface area contributed by atoms with Crippen LogP contribution >= 0.6 is 0 Å². The van der Waals surface area contributed by atoms with Crippen molar-refractivity contribution in [3.63, 3.8) is 0 Å². The average molecular weight is 280 g/mol. The highest BCUT2D eigenvalue weighted by atomic mass is 16.5. The number of carbonyl (C=O) groups excluding carboxylic acids is 2. The topological polar surface area (TPSA) is 100 Å². The van der Waals surface area contributed by atoms with Gasteiger partial charge in [0.15, 0.2) is 0 Å². The van der Waals surface area contributed by atoms with Crippen molar-refractivity contribution in [1.29, 1.82) is 0 Å².